The van der Waals surface area contributed by atoms with Crippen molar-refractivity contribution in [2.45, 2.75) is 0 Å². The maximum Gasteiger partial charge on any atom is 0.0626 e. The van der Waals surface area contributed by atoms with E-state index in [1.807, 2.05) is 11.3 Å². The molecule has 0 aliphatic rings. The number of rotatable bonds is 12. The molecule has 0 saturated carbocycles. The van der Waals surface area contributed by atoms with Gasteiger partial charge in [-0.15, -0.1) is 11.3 Å². The Bertz CT molecular complexity index is 9910. The lowest BCUT2D eigenvalue weighted by molar-refractivity contribution is 1.37. The van der Waals surface area contributed by atoms with Crippen LogP contribution in [0.15, 0.2) is 473 Å². The molecule has 0 aliphatic heterocycles. The summed E-state index contributed by atoms with van der Waals surface area (Å²) in [5, 5.41) is 29.9. The molecule has 0 spiro atoms. The Kier molecular flexibility index (Phi) is 16.5. The second-order valence-corrected chi connectivity index (χ2v) is 37.7. The second kappa shape index (κ2) is 29.6. The third-order valence-corrected chi connectivity index (χ3v) is 30.7. The van der Waals surface area contributed by atoms with E-state index in [4.69, 9.17) is 0 Å². The first-order valence-corrected chi connectivity index (χ1v) is 47.6. The zero-order valence-electron chi connectivity index (χ0n) is 73.3. The van der Waals surface area contributed by atoms with Crippen LogP contribution in [0.1, 0.15) is 0 Å². The number of benzene rings is 24. The van der Waals surface area contributed by atoms with E-state index in [1.165, 1.54) is 289 Å². The predicted octanol–water partition coefficient (Wildman–Crippen LogP) is 37.3. The lowest BCUT2D eigenvalue weighted by Gasteiger charge is -2.22. The summed E-state index contributed by atoms with van der Waals surface area (Å²) in [7, 11) is 0. The van der Waals surface area contributed by atoms with Crippen molar-refractivity contribution in [1.82, 2.24) is 8.80 Å². The van der Waals surface area contributed by atoms with Crippen LogP contribution < -0.4 is 0 Å². The van der Waals surface area contributed by atoms with Gasteiger partial charge >= 0.3 is 0 Å². The molecule has 29 rings (SSSR count). The molecule has 0 atom stereocenters. The number of para-hydroxylation sites is 3. The molecule has 5 heterocycles. The molecule has 29 aromatic rings. The Morgan fingerprint density at radius 3 is 1.08 bits per heavy atom. The number of nitrogens with zero attached hydrogens (tertiary/aromatic N) is 2. The molecule has 5 aromatic heterocycles. The van der Waals surface area contributed by atoms with Crippen molar-refractivity contribution in [2.75, 3.05) is 0 Å². The van der Waals surface area contributed by atoms with Crippen LogP contribution in [0.5, 0.6) is 0 Å². The van der Waals surface area contributed by atoms with Crippen LogP contribution in [0.4, 0.5) is 0 Å². The smallest absolute Gasteiger partial charge is 0.0626 e. The van der Waals surface area contributed by atoms with Crippen LogP contribution in [0.25, 0.3) is 295 Å². The van der Waals surface area contributed by atoms with Crippen molar-refractivity contribution in [2.24, 2.45) is 0 Å². The van der Waals surface area contributed by atoms with Gasteiger partial charge in [0.15, 0.2) is 0 Å². The molecule has 0 amide bonds. The molecule has 0 radical (unpaired) electrons. The van der Waals surface area contributed by atoms with Gasteiger partial charge in [-0.05, 0) is 275 Å². The lowest BCUT2D eigenvalue weighted by Crippen LogP contribution is -1.95. The zero-order chi connectivity index (χ0) is 88.2. The molecule has 24 aromatic carbocycles. The Hall–Kier alpha value is -17.3. The normalized spacial score (nSPS) is 12.1. The highest BCUT2D eigenvalue weighted by atomic mass is 32.1. The minimum absolute atomic E-state index is 1.16. The average molecular weight is 1720 g/mol. The fourth-order valence-electron chi connectivity index (χ4n) is 23.8. The van der Waals surface area contributed by atoms with Crippen molar-refractivity contribution >= 4 is 174 Å². The fourth-order valence-corrected chi connectivity index (χ4v) is 24.8. The summed E-state index contributed by atoms with van der Waals surface area (Å²) in [6.45, 7) is 0. The molecule has 0 N–H and O–H groups in total. The van der Waals surface area contributed by atoms with Crippen LogP contribution in [0.2, 0.25) is 0 Å². The van der Waals surface area contributed by atoms with Crippen molar-refractivity contribution in [1.29, 1.82) is 0 Å². The topological polar surface area (TPSA) is 8.82 Å². The van der Waals surface area contributed by atoms with Crippen LogP contribution in [0, 0.1) is 0 Å². The van der Waals surface area contributed by atoms with Gasteiger partial charge in [-0.2, -0.15) is 0 Å². The van der Waals surface area contributed by atoms with E-state index in [0.29, 0.717) is 0 Å². The van der Waals surface area contributed by atoms with E-state index >= 15 is 0 Å². The Labute approximate surface area is 781 Å². The van der Waals surface area contributed by atoms with Crippen LogP contribution in [0.3, 0.4) is 0 Å². The van der Waals surface area contributed by atoms with Gasteiger partial charge in [-0.1, -0.05) is 406 Å². The summed E-state index contributed by atoms with van der Waals surface area (Å²) in [6, 6.07) is 178. The van der Waals surface area contributed by atoms with E-state index < -0.39 is 0 Å². The van der Waals surface area contributed by atoms with Crippen molar-refractivity contribution in [3.63, 3.8) is 0 Å². The molecular formula is C132H78N2S. The number of hydrogen-bond acceptors (Lipinski definition) is 1. The Morgan fingerprint density at radius 1 is 0.133 bits per heavy atom. The Balaban J connectivity index is 0.489. The lowest BCUT2D eigenvalue weighted by atomic mass is 9.81. The van der Waals surface area contributed by atoms with Crippen molar-refractivity contribution in [3.8, 4) is 132 Å². The van der Waals surface area contributed by atoms with E-state index in [0.717, 1.165) is 5.56 Å². The first kappa shape index (κ1) is 75.5. The quantitative estimate of drug-likeness (QED) is 0.108. The fraction of sp³-hybridized carbons (Fsp3) is 0. The van der Waals surface area contributed by atoms with Crippen LogP contribution in [-0.4, -0.2) is 8.80 Å². The second-order valence-electron chi connectivity index (χ2n) is 36.6. The first-order chi connectivity index (χ1) is 67.0. The van der Waals surface area contributed by atoms with Gasteiger partial charge in [0.2, 0.25) is 0 Å². The third kappa shape index (κ3) is 11.3. The van der Waals surface area contributed by atoms with E-state index in [1.54, 1.807) is 0 Å². The standard InChI is InChI=1S/C132H78N2S/c1-2-28-81(29-3-1)122-94(49-24-51-112(122)126-105-44-14-16-46-107(105)127(108-47-17-15-45-106(108)126)113-52-26-56-118-129(113)115-53-25-50-109-95-35-18-20-54-116(95)133(118)131(109)115)89-67-68-96-110-69-70-114(130-111-48-19-21-55-117(111)134(132(110)130)119(96)78-89)128-103-42-12-10-40-101(103)123(102-41-11-13-43-104(102)128)82-60-57-80(58-61-82)85-62-63-88-74-86(64-65-87(88)73-85)84-31-22-32-90(75-84)120-71-72-121(135-120)91-33-23-34-92(77-91)124-97-36-6-8-38-99(97)125(100-39-9-7-37-98(100)124)93-66-59-79-27-4-5-30-83(79)76-93/h1-78H. The van der Waals surface area contributed by atoms with Gasteiger partial charge < -0.3 is 8.80 Å². The number of thiophene rings is 1. The minimum Gasteiger partial charge on any atom is -0.308 e. The largest absolute Gasteiger partial charge is 0.308 e. The van der Waals surface area contributed by atoms with E-state index in [2.05, 4.69) is 482 Å². The van der Waals surface area contributed by atoms with Gasteiger partial charge in [0.1, 0.15) is 0 Å². The van der Waals surface area contributed by atoms with E-state index in [9.17, 15) is 0 Å². The Morgan fingerprint density at radius 2 is 0.467 bits per heavy atom. The molecular weight excluding hydrogens is 1650 g/mol. The molecule has 135 heavy (non-hydrogen) atoms. The summed E-state index contributed by atoms with van der Waals surface area (Å²) >= 11 is 1.86. The van der Waals surface area contributed by atoms with Gasteiger partial charge in [0.25, 0.3) is 0 Å². The molecule has 0 saturated heterocycles. The number of aromatic nitrogens is 2. The molecule has 0 unspecified atom stereocenters. The van der Waals surface area contributed by atoms with Crippen LogP contribution in [-0.2, 0) is 0 Å². The van der Waals surface area contributed by atoms with Gasteiger partial charge in [0.05, 0.1) is 33.1 Å². The van der Waals surface area contributed by atoms with Gasteiger partial charge in [0, 0.05) is 52.8 Å². The maximum absolute atomic E-state index is 2.58. The molecule has 0 aliphatic carbocycles. The number of hydrogen-bond donors (Lipinski definition) is 0. The molecule has 3 heteroatoms. The van der Waals surface area contributed by atoms with Gasteiger partial charge in [-0.3, -0.25) is 0 Å². The van der Waals surface area contributed by atoms with E-state index in [-0.39, 0.29) is 0 Å². The summed E-state index contributed by atoms with van der Waals surface area (Å²) in [6.07, 6.45) is 0. The zero-order valence-corrected chi connectivity index (χ0v) is 74.2. The number of fused-ring (bicyclic) bond motifs is 20. The predicted molar refractivity (Wildman–Crippen MR) is 579 cm³/mol. The summed E-state index contributed by atoms with van der Waals surface area (Å²) in [5.41, 5.74) is 34.1. The minimum atomic E-state index is 1.16. The summed E-state index contributed by atoms with van der Waals surface area (Å²) in [4.78, 5) is 2.49. The summed E-state index contributed by atoms with van der Waals surface area (Å²) < 4.78 is 5.09. The summed E-state index contributed by atoms with van der Waals surface area (Å²) in [5.74, 6) is 0. The monoisotopic (exact) mass is 1720 g/mol. The average Bonchev–Trinajstić information content (AvgIpc) is 1.52. The van der Waals surface area contributed by atoms with Crippen molar-refractivity contribution in [3.05, 3.63) is 473 Å². The highest BCUT2D eigenvalue weighted by Crippen LogP contribution is 2.56. The van der Waals surface area contributed by atoms with Crippen molar-refractivity contribution < 1.29 is 0 Å². The molecule has 622 valence electrons. The first-order valence-electron chi connectivity index (χ1n) is 46.8. The molecule has 0 bridgehead atoms. The SMILES string of the molecule is c1ccc(-c2c(-c3ccc4c5ccc(-c6c7ccccc7c(-c7ccc(-c8ccc9cc(-c%10cccc(-c%11ccc(-c%12cccc(-c%13c%14ccccc%14c(-c%14ccc%15ccccc%15c%14)c%14ccccc%13%14)c%12)s%11)c%10)ccc9c8)cc7)c7ccccc67)c6c7ccccc7n(c4c3)c56)cccc2-c2c3ccccc3c(-c3cccc4c3c3cccc5c6ccccc6n4c53)c3ccccc23)cc1. The maximum atomic E-state index is 2.58. The molecule has 0 fully saturated rings. The highest BCUT2D eigenvalue weighted by Gasteiger charge is 2.30. The third-order valence-electron chi connectivity index (χ3n) is 29.5. The van der Waals surface area contributed by atoms with Crippen LogP contribution >= 0.6 is 11.3 Å². The molecule has 2 nitrogen and oxygen atoms in total. The van der Waals surface area contributed by atoms with Gasteiger partial charge in [-0.25, -0.2) is 0 Å². The highest BCUT2D eigenvalue weighted by molar-refractivity contribution is 7.18.